The van der Waals surface area contributed by atoms with E-state index >= 15 is 0 Å². The number of hydrogen-bond acceptors (Lipinski definition) is 4. The molecule has 0 saturated carbocycles. The van der Waals surface area contributed by atoms with Gasteiger partial charge < -0.3 is 9.47 Å². The van der Waals surface area contributed by atoms with Crippen molar-refractivity contribution in [3.63, 3.8) is 0 Å². The summed E-state index contributed by atoms with van der Waals surface area (Å²) in [6.45, 7) is 9.94. The highest BCUT2D eigenvalue weighted by Crippen LogP contribution is 2.23. The predicted octanol–water partition coefficient (Wildman–Crippen LogP) is 3.25. The fourth-order valence-electron chi connectivity index (χ4n) is 2.00. The van der Waals surface area contributed by atoms with Crippen LogP contribution in [0.15, 0.2) is 12.2 Å². The van der Waals surface area contributed by atoms with E-state index < -0.39 is 0 Å². The van der Waals surface area contributed by atoms with Crippen molar-refractivity contribution in [2.75, 3.05) is 0 Å². The van der Waals surface area contributed by atoms with Gasteiger partial charge in [0.2, 0.25) is 0 Å². The number of carbonyl (C=O) groups excluding carboxylic acids is 2. The van der Waals surface area contributed by atoms with Gasteiger partial charge in [0.15, 0.2) is 0 Å². The minimum atomic E-state index is -0.276. The van der Waals surface area contributed by atoms with Crippen LogP contribution in [-0.4, -0.2) is 24.1 Å². The van der Waals surface area contributed by atoms with E-state index in [1.807, 2.05) is 34.6 Å². The molecule has 1 aliphatic rings. The number of ether oxygens (including phenoxy) is 2. The number of hydrogen-bond donors (Lipinski definition) is 0. The zero-order chi connectivity index (χ0) is 15.3. The molecular formula is C16H26O4. The van der Waals surface area contributed by atoms with Crippen molar-refractivity contribution in [1.29, 1.82) is 0 Å². The average Bonchev–Trinajstić information content (AvgIpc) is 2.60. The summed E-state index contributed by atoms with van der Waals surface area (Å²) >= 11 is 0. The van der Waals surface area contributed by atoms with Crippen molar-refractivity contribution >= 4 is 11.9 Å². The lowest BCUT2D eigenvalue weighted by molar-refractivity contribution is -0.151. The molecule has 0 aromatic heterocycles. The maximum absolute atomic E-state index is 11.7. The van der Waals surface area contributed by atoms with Crippen molar-refractivity contribution in [3.05, 3.63) is 12.2 Å². The molecule has 0 fully saturated rings. The van der Waals surface area contributed by atoms with Crippen LogP contribution in [0.2, 0.25) is 0 Å². The summed E-state index contributed by atoms with van der Waals surface area (Å²) < 4.78 is 10.7. The van der Waals surface area contributed by atoms with Crippen molar-refractivity contribution in [1.82, 2.24) is 0 Å². The van der Waals surface area contributed by atoms with E-state index in [0.717, 1.165) is 0 Å². The lowest BCUT2D eigenvalue weighted by atomic mass is 9.92. The fourth-order valence-corrected chi connectivity index (χ4v) is 2.00. The topological polar surface area (TPSA) is 52.6 Å². The van der Waals surface area contributed by atoms with Crippen molar-refractivity contribution in [2.45, 2.75) is 66.1 Å². The molecule has 0 saturated heterocycles. The van der Waals surface area contributed by atoms with Crippen LogP contribution in [0.3, 0.4) is 0 Å². The fraction of sp³-hybridized carbons (Fsp3) is 0.750. The molecule has 114 valence electrons. The van der Waals surface area contributed by atoms with Crippen LogP contribution in [-0.2, 0) is 19.1 Å². The molecule has 0 amide bonds. The van der Waals surface area contributed by atoms with E-state index in [-0.39, 0.29) is 35.5 Å². The van der Waals surface area contributed by atoms with Crippen LogP contribution in [0.25, 0.3) is 0 Å². The molecule has 0 aromatic carbocycles. The second kappa shape index (κ2) is 6.91. The quantitative estimate of drug-likeness (QED) is 0.573. The van der Waals surface area contributed by atoms with Crippen molar-refractivity contribution in [3.8, 4) is 0 Å². The Balaban J connectivity index is 2.32. The lowest BCUT2D eigenvalue weighted by Crippen LogP contribution is -2.23. The van der Waals surface area contributed by atoms with E-state index in [4.69, 9.17) is 9.47 Å². The van der Waals surface area contributed by atoms with E-state index in [1.54, 1.807) is 12.2 Å². The molecule has 0 spiro atoms. The summed E-state index contributed by atoms with van der Waals surface area (Å²) in [6, 6.07) is 0. The first-order chi connectivity index (χ1) is 9.15. The predicted molar refractivity (Wildman–Crippen MR) is 77.0 cm³/mol. The summed E-state index contributed by atoms with van der Waals surface area (Å²) in [6.07, 6.45) is 4.38. The molecule has 0 unspecified atom stereocenters. The summed E-state index contributed by atoms with van der Waals surface area (Å²) in [7, 11) is 0. The van der Waals surface area contributed by atoms with Gasteiger partial charge in [0.25, 0.3) is 0 Å². The van der Waals surface area contributed by atoms with Crippen LogP contribution in [0.4, 0.5) is 0 Å². The first kappa shape index (κ1) is 16.7. The summed E-state index contributed by atoms with van der Waals surface area (Å²) in [5.74, 6) is -0.120. The summed E-state index contributed by atoms with van der Waals surface area (Å²) in [5.41, 5.74) is -0.0808. The lowest BCUT2D eigenvalue weighted by Gasteiger charge is -2.19. The van der Waals surface area contributed by atoms with Crippen molar-refractivity contribution < 1.29 is 19.1 Å². The zero-order valence-electron chi connectivity index (χ0n) is 13.1. The molecule has 0 aromatic rings. The third-order valence-electron chi connectivity index (χ3n) is 2.82. The Morgan fingerprint density at radius 1 is 1.10 bits per heavy atom. The molecule has 1 rings (SSSR count). The van der Waals surface area contributed by atoms with E-state index in [9.17, 15) is 9.59 Å². The van der Waals surface area contributed by atoms with Gasteiger partial charge in [-0.3, -0.25) is 9.59 Å². The first-order valence-electron chi connectivity index (χ1n) is 7.23. The van der Waals surface area contributed by atoms with Gasteiger partial charge in [-0.2, -0.15) is 0 Å². The van der Waals surface area contributed by atoms with Gasteiger partial charge in [0, 0.05) is 12.8 Å². The molecule has 2 atom stereocenters. The normalized spacial score (nSPS) is 22.1. The molecule has 4 nitrogen and oxygen atoms in total. The van der Waals surface area contributed by atoms with Gasteiger partial charge in [-0.1, -0.05) is 34.6 Å². The highest BCUT2D eigenvalue weighted by molar-refractivity contribution is 5.71. The molecule has 0 heterocycles. The highest BCUT2D eigenvalue weighted by atomic mass is 16.6. The second-order valence-electron chi connectivity index (χ2n) is 7.01. The van der Waals surface area contributed by atoms with E-state index in [0.29, 0.717) is 19.3 Å². The Kier molecular flexibility index (Phi) is 5.78. The van der Waals surface area contributed by atoms with E-state index in [2.05, 4.69) is 0 Å². The largest absolute Gasteiger partial charge is 0.458 e. The number of rotatable bonds is 5. The van der Waals surface area contributed by atoms with E-state index in [1.165, 1.54) is 0 Å². The number of esters is 2. The molecular weight excluding hydrogens is 256 g/mol. The Hall–Kier alpha value is -1.32. The van der Waals surface area contributed by atoms with Gasteiger partial charge in [0.1, 0.15) is 12.2 Å². The monoisotopic (exact) mass is 282 g/mol. The maximum Gasteiger partial charge on any atom is 0.306 e. The Labute approximate surface area is 121 Å². The average molecular weight is 282 g/mol. The van der Waals surface area contributed by atoms with Crippen LogP contribution in [0, 0.1) is 11.3 Å². The van der Waals surface area contributed by atoms with Crippen molar-refractivity contribution in [2.24, 2.45) is 11.3 Å². The Morgan fingerprint density at radius 2 is 1.60 bits per heavy atom. The van der Waals surface area contributed by atoms with Crippen LogP contribution < -0.4 is 0 Å². The molecule has 0 radical (unpaired) electrons. The smallest absolute Gasteiger partial charge is 0.306 e. The SMILES string of the molecule is CC(C)CC(=O)O[C@H]1C=C[C@@H](OC(=O)CC(C)(C)C)C1. The maximum atomic E-state index is 11.7. The molecule has 20 heavy (non-hydrogen) atoms. The summed E-state index contributed by atoms with van der Waals surface area (Å²) in [5, 5.41) is 0. The van der Waals surface area contributed by atoms with Crippen LogP contribution >= 0.6 is 0 Å². The Bertz CT molecular complexity index is 376. The second-order valence-corrected chi connectivity index (χ2v) is 7.01. The standard InChI is InChI=1S/C16H26O4/c1-11(2)8-14(17)19-12-6-7-13(9-12)20-15(18)10-16(3,4)5/h6-7,11-13H,8-10H2,1-5H3/t12-,13+/m0/s1. The Morgan fingerprint density at radius 3 is 2.05 bits per heavy atom. The third kappa shape index (κ3) is 6.73. The molecule has 0 aliphatic heterocycles. The molecule has 1 aliphatic carbocycles. The van der Waals surface area contributed by atoms with Crippen LogP contribution in [0.1, 0.15) is 53.9 Å². The number of carbonyl (C=O) groups is 2. The summed E-state index contributed by atoms with van der Waals surface area (Å²) in [4.78, 5) is 23.3. The zero-order valence-corrected chi connectivity index (χ0v) is 13.1. The van der Waals surface area contributed by atoms with Gasteiger partial charge in [-0.15, -0.1) is 0 Å². The first-order valence-corrected chi connectivity index (χ1v) is 7.23. The van der Waals surface area contributed by atoms with Gasteiger partial charge in [0.05, 0.1) is 6.42 Å². The molecule has 0 bridgehead atoms. The van der Waals surface area contributed by atoms with Gasteiger partial charge >= 0.3 is 11.9 Å². The highest BCUT2D eigenvalue weighted by Gasteiger charge is 2.26. The molecule has 4 heteroatoms. The minimum absolute atomic E-state index is 0.0808. The third-order valence-corrected chi connectivity index (χ3v) is 2.82. The molecule has 0 N–H and O–H groups in total. The van der Waals surface area contributed by atoms with Gasteiger partial charge in [-0.25, -0.2) is 0 Å². The van der Waals surface area contributed by atoms with Crippen LogP contribution in [0.5, 0.6) is 0 Å². The minimum Gasteiger partial charge on any atom is -0.458 e. The van der Waals surface area contributed by atoms with Gasteiger partial charge in [-0.05, 0) is 23.5 Å².